The summed E-state index contributed by atoms with van der Waals surface area (Å²) in [4.78, 5) is 16.1. The Morgan fingerprint density at radius 3 is 2.57 bits per heavy atom. The standard InChI is InChI=1S/C20H18F3N3O2/c1-14-24-9-10-26(14)17-7-5-15(6-8-17)12-25-19(27)13-28-18-4-2-3-16(11-18)20(21,22)23/h2-11H,12-13H2,1H3,(H,25,27). The molecule has 146 valence electrons. The smallest absolute Gasteiger partial charge is 0.416 e. The van der Waals surface area contributed by atoms with E-state index in [4.69, 9.17) is 4.74 Å². The van der Waals surface area contributed by atoms with Gasteiger partial charge < -0.3 is 14.6 Å². The van der Waals surface area contributed by atoms with Crippen LogP contribution in [0.1, 0.15) is 17.0 Å². The highest BCUT2D eigenvalue weighted by atomic mass is 19.4. The van der Waals surface area contributed by atoms with Crippen molar-refractivity contribution in [3.8, 4) is 11.4 Å². The minimum absolute atomic E-state index is 0.00923. The first-order valence-electron chi connectivity index (χ1n) is 8.49. The summed E-state index contributed by atoms with van der Waals surface area (Å²) in [6.45, 7) is 1.82. The number of rotatable bonds is 6. The van der Waals surface area contributed by atoms with Crippen LogP contribution in [0.4, 0.5) is 13.2 Å². The number of imidazole rings is 1. The van der Waals surface area contributed by atoms with E-state index in [-0.39, 0.29) is 18.9 Å². The van der Waals surface area contributed by atoms with Gasteiger partial charge in [0.05, 0.1) is 5.56 Å². The van der Waals surface area contributed by atoms with Gasteiger partial charge in [-0.25, -0.2) is 4.98 Å². The van der Waals surface area contributed by atoms with Crippen LogP contribution in [-0.2, 0) is 17.5 Å². The number of nitrogens with zero attached hydrogens (tertiary/aromatic N) is 2. The van der Waals surface area contributed by atoms with Gasteiger partial charge in [-0.05, 0) is 42.8 Å². The molecule has 0 saturated carbocycles. The summed E-state index contributed by atoms with van der Waals surface area (Å²) in [7, 11) is 0. The Kier molecular flexibility index (Phi) is 5.67. The van der Waals surface area contributed by atoms with E-state index in [0.717, 1.165) is 29.2 Å². The molecule has 0 fully saturated rings. The van der Waals surface area contributed by atoms with Crippen molar-refractivity contribution in [3.63, 3.8) is 0 Å². The molecule has 0 saturated heterocycles. The number of halogens is 3. The van der Waals surface area contributed by atoms with Crippen molar-refractivity contribution in [1.82, 2.24) is 14.9 Å². The molecule has 3 rings (SSSR count). The number of carbonyl (C=O) groups excluding carboxylic acids is 1. The molecule has 2 aromatic carbocycles. The maximum Gasteiger partial charge on any atom is 0.416 e. The van der Waals surface area contributed by atoms with E-state index in [9.17, 15) is 18.0 Å². The Morgan fingerprint density at radius 2 is 1.93 bits per heavy atom. The number of carbonyl (C=O) groups is 1. The van der Waals surface area contributed by atoms with E-state index < -0.39 is 17.6 Å². The van der Waals surface area contributed by atoms with E-state index in [1.165, 1.54) is 12.1 Å². The maximum atomic E-state index is 12.7. The summed E-state index contributed by atoms with van der Waals surface area (Å²) in [5, 5.41) is 2.67. The van der Waals surface area contributed by atoms with Gasteiger partial charge in [0.25, 0.3) is 5.91 Å². The average Bonchev–Trinajstić information content (AvgIpc) is 3.10. The first kappa shape index (κ1) is 19.5. The molecule has 5 nitrogen and oxygen atoms in total. The second-order valence-electron chi connectivity index (χ2n) is 6.10. The van der Waals surface area contributed by atoms with Crippen LogP contribution in [0.25, 0.3) is 5.69 Å². The third kappa shape index (κ3) is 4.91. The van der Waals surface area contributed by atoms with Crippen molar-refractivity contribution >= 4 is 5.91 Å². The van der Waals surface area contributed by atoms with Crippen LogP contribution >= 0.6 is 0 Å². The Morgan fingerprint density at radius 1 is 1.18 bits per heavy atom. The number of amides is 1. The number of aryl methyl sites for hydroxylation is 1. The number of benzene rings is 2. The highest BCUT2D eigenvalue weighted by Crippen LogP contribution is 2.31. The molecule has 0 spiro atoms. The highest BCUT2D eigenvalue weighted by molar-refractivity contribution is 5.77. The molecule has 1 N–H and O–H groups in total. The molecule has 1 aromatic heterocycles. The Labute approximate surface area is 159 Å². The predicted molar refractivity (Wildman–Crippen MR) is 97.1 cm³/mol. The Bertz CT molecular complexity index is 950. The fourth-order valence-corrected chi connectivity index (χ4v) is 2.59. The molecule has 1 heterocycles. The van der Waals surface area contributed by atoms with Crippen LogP contribution in [0.2, 0.25) is 0 Å². The van der Waals surface area contributed by atoms with Gasteiger partial charge in [-0.15, -0.1) is 0 Å². The zero-order valence-electron chi connectivity index (χ0n) is 15.0. The average molecular weight is 389 g/mol. The number of hydrogen-bond acceptors (Lipinski definition) is 3. The summed E-state index contributed by atoms with van der Waals surface area (Å²) in [5.41, 5.74) is 1.02. The van der Waals surface area contributed by atoms with Crippen LogP contribution in [0.5, 0.6) is 5.75 Å². The molecule has 0 aliphatic rings. The fourth-order valence-electron chi connectivity index (χ4n) is 2.59. The SMILES string of the molecule is Cc1nccn1-c1ccc(CNC(=O)COc2cccc(C(F)(F)F)c2)cc1. The largest absolute Gasteiger partial charge is 0.484 e. The minimum Gasteiger partial charge on any atom is -0.484 e. The molecule has 1 amide bonds. The summed E-state index contributed by atoms with van der Waals surface area (Å²) in [6, 6.07) is 12.0. The minimum atomic E-state index is -4.46. The lowest BCUT2D eigenvalue weighted by molar-refractivity contribution is -0.137. The zero-order valence-corrected chi connectivity index (χ0v) is 15.0. The number of alkyl halides is 3. The van der Waals surface area contributed by atoms with E-state index >= 15 is 0 Å². The summed E-state index contributed by atoms with van der Waals surface area (Å²) < 4.78 is 45.1. The maximum absolute atomic E-state index is 12.7. The van der Waals surface area contributed by atoms with Gasteiger partial charge in [-0.2, -0.15) is 13.2 Å². The first-order chi connectivity index (χ1) is 13.3. The lowest BCUT2D eigenvalue weighted by atomic mass is 10.2. The second kappa shape index (κ2) is 8.16. The van der Waals surface area contributed by atoms with Crippen molar-refractivity contribution in [2.75, 3.05) is 6.61 Å². The van der Waals surface area contributed by atoms with E-state index in [0.29, 0.717) is 0 Å². The quantitative estimate of drug-likeness (QED) is 0.696. The van der Waals surface area contributed by atoms with E-state index in [2.05, 4.69) is 10.3 Å². The van der Waals surface area contributed by atoms with Crippen molar-refractivity contribution in [3.05, 3.63) is 77.9 Å². The summed E-state index contributed by atoms with van der Waals surface area (Å²) >= 11 is 0. The van der Waals surface area contributed by atoms with Gasteiger partial charge in [-0.3, -0.25) is 4.79 Å². The van der Waals surface area contributed by atoms with Crippen molar-refractivity contribution < 1.29 is 22.7 Å². The third-order valence-electron chi connectivity index (χ3n) is 4.06. The molecular weight excluding hydrogens is 371 g/mol. The molecule has 8 heteroatoms. The van der Waals surface area contributed by atoms with Crippen LogP contribution < -0.4 is 10.1 Å². The van der Waals surface area contributed by atoms with Gasteiger partial charge in [0.2, 0.25) is 0 Å². The zero-order chi connectivity index (χ0) is 20.1. The summed E-state index contributed by atoms with van der Waals surface area (Å²) in [5.74, 6) is 0.435. The van der Waals surface area contributed by atoms with Gasteiger partial charge in [-0.1, -0.05) is 18.2 Å². The highest BCUT2D eigenvalue weighted by Gasteiger charge is 2.30. The van der Waals surface area contributed by atoms with Crippen LogP contribution in [-0.4, -0.2) is 22.1 Å². The normalized spacial score (nSPS) is 11.3. The lowest BCUT2D eigenvalue weighted by Gasteiger charge is -2.11. The Hall–Kier alpha value is -3.29. The predicted octanol–water partition coefficient (Wildman–Crippen LogP) is 3.89. The third-order valence-corrected chi connectivity index (χ3v) is 4.06. The van der Waals surface area contributed by atoms with E-state index in [1.807, 2.05) is 42.0 Å². The molecule has 0 atom stereocenters. The molecule has 0 aliphatic carbocycles. The molecule has 0 radical (unpaired) electrons. The fraction of sp³-hybridized carbons (Fsp3) is 0.200. The number of ether oxygens (including phenoxy) is 1. The molecule has 28 heavy (non-hydrogen) atoms. The van der Waals surface area contributed by atoms with Gasteiger partial charge >= 0.3 is 6.18 Å². The van der Waals surface area contributed by atoms with Gasteiger partial charge in [0, 0.05) is 24.6 Å². The topological polar surface area (TPSA) is 56.2 Å². The second-order valence-corrected chi connectivity index (χ2v) is 6.10. The summed E-state index contributed by atoms with van der Waals surface area (Å²) in [6.07, 6.45) is -0.881. The van der Waals surface area contributed by atoms with Crippen LogP contribution in [0.15, 0.2) is 60.9 Å². The van der Waals surface area contributed by atoms with Crippen LogP contribution in [0.3, 0.4) is 0 Å². The molecule has 0 unspecified atom stereocenters. The molecule has 3 aromatic rings. The number of nitrogens with one attached hydrogen (secondary N) is 1. The monoisotopic (exact) mass is 389 g/mol. The molecular formula is C20H18F3N3O2. The molecule has 0 aliphatic heterocycles. The van der Waals surface area contributed by atoms with Gasteiger partial charge in [0.15, 0.2) is 6.61 Å². The van der Waals surface area contributed by atoms with Crippen molar-refractivity contribution in [2.45, 2.75) is 19.6 Å². The van der Waals surface area contributed by atoms with Crippen LogP contribution in [0, 0.1) is 6.92 Å². The van der Waals surface area contributed by atoms with Crippen molar-refractivity contribution in [2.24, 2.45) is 0 Å². The van der Waals surface area contributed by atoms with Gasteiger partial charge in [0.1, 0.15) is 11.6 Å². The number of aromatic nitrogens is 2. The van der Waals surface area contributed by atoms with Crippen molar-refractivity contribution in [1.29, 1.82) is 0 Å². The lowest BCUT2D eigenvalue weighted by Crippen LogP contribution is -2.28. The number of hydrogen-bond donors (Lipinski definition) is 1. The van der Waals surface area contributed by atoms with E-state index in [1.54, 1.807) is 6.20 Å². The first-order valence-corrected chi connectivity index (χ1v) is 8.49. The Balaban J connectivity index is 1.50. The molecule has 0 bridgehead atoms.